The van der Waals surface area contributed by atoms with E-state index in [1.165, 1.54) is 11.3 Å². The number of hydrogen-bond acceptors (Lipinski definition) is 5. The molecule has 14 heavy (non-hydrogen) atoms. The molecular weight excluding hydrogens is 236 g/mol. The molecule has 1 amide bonds. The fourth-order valence-electron chi connectivity index (χ4n) is 1.02. The molecule has 0 aliphatic carbocycles. The Labute approximate surface area is 95.8 Å². The van der Waals surface area contributed by atoms with Gasteiger partial charge >= 0.3 is 0 Å². The number of thiophene rings is 1. The minimum absolute atomic E-state index is 0.108. The van der Waals surface area contributed by atoms with Crippen molar-refractivity contribution in [3.8, 4) is 0 Å². The van der Waals surface area contributed by atoms with Crippen LogP contribution in [0.4, 0.5) is 5.69 Å². The number of hydrogen-bond donors (Lipinski definition) is 2. The molecule has 0 aromatic carbocycles. The summed E-state index contributed by atoms with van der Waals surface area (Å²) in [5.41, 5.74) is 6.49. The Hall–Kier alpha value is -0.330. The summed E-state index contributed by atoms with van der Waals surface area (Å²) in [7, 11) is 1.61. The number of nitrogens with one attached hydrogen (secondary N) is 1. The Morgan fingerprint density at radius 3 is 2.43 bits per heavy atom. The molecule has 0 unspecified atom stereocenters. The predicted molar refractivity (Wildman–Crippen MR) is 65.7 cm³/mol. The second-order valence-electron chi connectivity index (χ2n) is 2.45. The number of nitrogens with two attached hydrogens (primary N) is 1. The van der Waals surface area contributed by atoms with Crippen LogP contribution in [0.25, 0.3) is 0 Å². The maximum absolute atomic E-state index is 11.4. The molecule has 3 N–H and O–H groups in total. The second-order valence-corrected chi connectivity index (χ2v) is 5.36. The smallest absolute Gasteiger partial charge is 0.263 e. The molecule has 1 aromatic heterocycles. The molecule has 0 atom stereocenters. The Morgan fingerprint density at radius 1 is 1.43 bits per heavy atom. The number of rotatable bonds is 3. The lowest BCUT2D eigenvalue weighted by molar-refractivity contribution is 0.0968. The average molecular weight is 248 g/mol. The van der Waals surface area contributed by atoms with E-state index in [1.807, 2.05) is 12.5 Å². The second kappa shape index (κ2) is 4.95. The van der Waals surface area contributed by atoms with Gasteiger partial charge in [-0.15, -0.1) is 34.9 Å². The Balaban J connectivity index is 3.20. The summed E-state index contributed by atoms with van der Waals surface area (Å²) < 4.78 is 1.11. The summed E-state index contributed by atoms with van der Waals surface area (Å²) in [4.78, 5) is 13.1. The SMILES string of the molecule is CNC(=O)c1sc(SC)c(SC)c1N. The monoisotopic (exact) mass is 248 g/mol. The van der Waals surface area contributed by atoms with E-state index in [0.717, 1.165) is 9.10 Å². The van der Waals surface area contributed by atoms with Crippen LogP contribution in [0.15, 0.2) is 9.10 Å². The highest BCUT2D eigenvalue weighted by Crippen LogP contribution is 2.42. The van der Waals surface area contributed by atoms with Crippen molar-refractivity contribution in [1.82, 2.24) is 5.32 Å². The molecule has 0 aliphatic heterocycles. The van der Waals surface area contributed by atoms with Crippen molar-refractivity contribution < 1.29 is 4.79 Å². The van der Waals surface area contributed by atoms with E-state index in [-0.39, 0.29) is 5.91 Å². The lowest BCUT2D eigenvalue weighted by Crippen LogP contribution is -2.17. The van der Waals surface area contributed by atoms with E-state index < -0.39 is 0 Å². The number of thioether (sulfide) groups is 2. The third-order valence-corrected chi connectivity index (χ3v) is 5.11. The van der Waals surface area contributed by atoms with E-state index in [1.54, 1.807) is 30.6 Å². The first-order valence-corrected chi connectivity index (χ1v) is 7.14. The summed E-state index contributed by atoms with van der Waals surface area (Å²) in [5.74, 6) is -0.108. The van der Waals surface area contributed by atoms with Gasteiger partial charge in [-0.05, 0) is 12.5 Å². The van der Waals surface area contributed by atoms with E-state index in [2.05, 4.69) is 5.32 Å². The van der Waals surface area contributed by atoms with Gasteiger partial charge in [-0.2, -0.15) is 0 Å². The van der Waals surface area contributed by atoms with Gasteiger partial charge in [-0.3, -0.25) is 4.79 Å². The fraction of sp³-hybridized carbons (Fsp3) is 0.375. The molecule has 0 saturated carbocycles. The standard InChI is InChI=1S/C8H12N2OS3/c1-10-7(11)5-4(9)6(12-2)8(13-3)14-5/h9H2,1-3H3,(H,10,11). The molecule has 0 radical (unpaired) electrons. The van der Waals surface area contributed by atoms with Crippen LogP contribution in [0.5, 0.6) is 0 Å². The molecule has 0 aliphatic rings. The molecular formula is C8H12N2OS3. The van der Waals surface area contributed by atoms with Crippen molar-refractivity contribution in [3.63, 3.8) is 0 Å². The molecule has 0 spiro atoms. The maximum atomic E-state index is 11.4. The van der Waals surface area contributed by atoms with Gasteiger partial charge in [-0.1, -0.05) is 0 Å². The summed E-state index contributed by atoms with van der Waals surface area (Å²) in [6.07, 6.45) is 3.95. The first-order valence-electron chi connectivity index (χ1n) is 3.88. The number of amides is 1. The van der Waals surface area contributed by atoms with Crippen LogP contribution in [0.1, 0.15) is 9.67 Å². The quantitative estimate of drug-likeness (QED) is 0.805. The molecule has 0 bridgehead atoms. The van der Waals surface area contributed by atoms with Gasteiger partial charge in [0.2, 0.25) is 0 Å². The van der Waals surface area contributed by atoms with Gasteiger partial charge in [0.1, 0.15) is 4.88 Å². The first-order chi connectivity index (χ1) is 6.65. The summed E-state index contributed by atoms with van der Waals surface area (Å²) in [5, 5.41) is 2.58. The van der Waals surface area contributed by atoms with Crippen molar-refractivity contribution in [1.29, 1.82) is 0 Å². The highest BCUT2D eigenvalue weighted by Gasteiger charge is 2.18. The molecule has 6 heteroatoms. The van der Waals surface area contributed by atoms with Gasteiger partial charge in [0, 0.05) is 7.05 Å². The fourth-order valence-corrected chi connectivity index (χ4v) is 4.12. The molecule has 1 rings (SSSR count). The lowest BCUT2D eigenvalue weighted by Gasteiger charge is -1.98. The molecule has 0 fully saturated rings. The largest absolute Gasteiger partial charge is 0.396 e. The molecule has 1 heterocycles. The highest BCUT2D eigenvalue weighted by atomic mass is 32.2. The highest BCUT2D eigenvalue weighted by molar-refractivity contribution is 8.03. The summed E-state index contributed by atoms with van der Waals surface area (Å²) in [6.45, 7) is 0. The zero-order chi connectivity index (χ0) is 10.7. The van der Waals surface area contributed by atoms with Crippen molar-refractivity contribution in [3.05, 3.63) is 4.88 Å². The van der Waals surface area contributed by atoms with E-state index in [4.69, 9.17) is 5.73 Å². The van der Waals surface area contributed by atoms with Crippen LogP contribution < -0.4 is 11.1 Å². The third kappa shape index (κ3) is 2.02. The number of carbonyl (C=O) groups is 1. The Kier molecular flexibility index (Phi) is 4.15. The molecule has 1 aromatic rings. The van der Waals surface area contributed by atoms with Gasteiger partial charge in [0.15, 0.2) is 0 Å². The first kappa shape index (κ1) is 11.7. The van der Waals surface area contributed by atoms with Crippen molar-refractivity contribution in [2.45, 2.75) is 9.10 Å². The topological polar surface area (TPSA) is 55.1 Å². The van der Waals surface area contributed by atoms with Crippen molar-refractivity contribution in [2.24, 2.45) is 0 Å². The molecule has 3 nitrogen and oxygen atoms in total. The maximum Gasteiger partial charge on any atom is 0.263 e. The van der Waals surface area contributed by atoms with Gasteiger partial charge in [0.05, 0.1) is 14.8 Å². The van der Waals surface area contributed by atoms with Crippen molar-refractivity contribution >= 4 is 46.5 Å². The average Bonchev–Trinajstić information content (AvgIpc) is 2.53. The van der Waals surface area contributed by atoms with E-state index in [9.17, 15) is 4.79 Å². The van der Waals surface area contributed by atoms with Crippen LogP contribution in [0, 0.1) is 0 Å². The number of carbonyl (C=O) groups excluding carboxylic acids is 1. The van der Waals surface area contributed by atoms with Gasteiger partial charge < -0.3 is 11.1 Å². The number of nitrogen functional groups attached to an aromatic ring is 1. The lowest BCUT2D eigenvalue weighted by atomic mass is 10.4. The van der Waals surface area contributed by atoms with Crippen molar-refractivity contribution in [2.75, 3.05) is 25.3 Å². The van der Waals surface area contributed by atoms with E-state index >= 15 is 0 Å². The van der Waals surface area contributed by atoms with Crippen LogP contribution in [0.2, 0.25) is 0 Å². The number of anilines is 1. The molecule has 78 valence electrons. The van der Waals surface area contributed by atoms with Crippen LogP contribution >= 0.6 is 34.9 Å². The zero-order valence-corrected chi connectivity index (χ0v) is 10.7. The minimum atomic E-state index is -0.108. The summed E-state index contributed by atoms with van der Waals surface area (Å²) in [6, 6.07) is 0. The zero-order valence-electron chi connectivity index (χ0n) is 8.21. The van der Waals surface area contributed by atoms with Crippen LogP contribution in [-0.2, 0) is 0 Å². The van der Waals surface area contributed by atoms with Gasteiger partial charge in [-0.25, -0.2) is 0 Å². The van der Waals surface area contributed by atoms with E-state index in [0.29, 0.717) is 10.6 Å². The van der Waals surface area contributed by atoms with Gasteiger partial charge in [0.25, 0.3) is 5.91 Å². The third-order valence-electron chi connectivity index (χ3n) is 1.69. The minimum Gasteiger partial charge on any atom is -0.396 e. The van der Waals surface area contributed by atoms with Crippen LogP contribution in [0.3, 0.4) is 0 Å². The molecule has 0 saturated heterocycles. The van der Waals surface area contributed by atoms with Crippen LogP contribution in [-0.4, -0.2) is 25.5 Å². The summed E-state index contributed by atoms with van der Waals surface area (Å²) >= 11 is 4.65. The Morgan fingerprint density at radius 2 is 2.07 bits per heavy atom. The normalized spacial score (nSPS) is 10.2. The predicted octanol–water partition coefficient (Wildman–Crippen LogP) is 2.13. The Bertz CT molecular complexity index is 349.